The molecule has 1 aromatic rings. The second-order valence-corrected chi connectivity index (χ2v) is 4.23. The standard InChI is InChI=1S/C11H19N3/c1-3-11-6-9(4-5-12-11)10-7-13-14(2)8-10/h7-9,11-12H,3-6H2,1-2H3. The van der Waals surface area contributed by atoms with Crippen LogP contribution in [0.15, 0.2) is 12.4 Å². The number of aryl methyl sites for hydroxylation is 1. The SMILES string of the molecule is CCC1CC(c2cnn(C)c2)CCN1. The Bertz CT molecular complexity index is 292. The molecule has 3 heteroatoms. The molecule has 1 aliphatic heterocycles. The van der Waals surface area contributed by atoms with Crippen LogP contribution in [0.5, 0.6) is 0 Å². The molecule has 2 unspecified atom stereocenters. The van der Waals surface area contributed by atoms with Gasteiger partial charge in [-0.25, -0.2) is 0 Å². The molecule has 1 fully saturated rings. The van der Waals surface area contributed by atoms with Crippen LogP contribution in [0, 0.1) is 0 Å². The largest absolute Gasteiger partial charge is 0.314 e. The third-order valence-electron chi connectivity index (χ3n) is 3.18. The van der Waals surface area contributed by atoms with Crippen molar-refractivity contribution in [3.63, 3.8) is 0 Å². The molecule has 1 aromatic heterocycles. The van der Waals surface area contributed by atoms with Crippen molar-refractivity contribution in [2.24, 2.45) is 7.05 Å². The van der Waals surface area contributed by atoms with E-state index in [1.165, 1.54) is 24.8 Å². The van der Waals surface area contributed by atoms with Crippen molar-refractivity contribution in [1.29, 1.82) is 0 Å². The van der Waals surface area contributed by atoms with Gasteiger partial charge in [-0.2, -0.15) is 5.10 Å². The summed E-state index contributed by atoms with van der Waals surface area (Å²) in [6, 6.07) is 0.703. The molecule has 78 valence electrons. The summed E-state index contributed by atoms with van der Waals surface area (Å²) < 4.78 is 1.90. The molecule has 3 nitrogen and oxygen atoms in total. The van der Waals surface area contributed by atoms with E-state index in [0.717, 1.165) is 12.5 Å². The van der Waals surface area contributed by atoms with E-state index < -0.39 is 0 Å². The number of nitrogens with one attached hydrogen (secondary N) is 1. The number of aromatic nitrogens is 2. The smallest absolute Gasteiger partial charge is 0.0524 e. The molecule has 0 aliphatic carbocycles. The Hall–Kier alpha value is -0.830. The summed E-state index contributed by atoms with van der Waals surface area (Å²) in [5.74, 6) is 0.717. The molecule has 0 spiro atoms. The Morgan fingerprint density at radius 1 is 1.64 bits per heavy atom. The molecule has 1 N–H and O–H groups in total. The van der Waals surface area contributed by atoms with Gasteiger partial charge >= 0.3 is 0 Å². The maximum Gasteiger partial charge on any atom is 0.0524 e. The Balaban J connectivity index is 2.04. The molecule has 2 rings (SSSR count). The predicted molar refractivity (Wildman–Crippen MR) is 57.3 cm³/mol. The van der Waals surface area contributed by atoms with Crippen molar-refractivity contribution in [2.45, 2.75) is 38.1 Å². The van der Waals surface area contributed by atoms with Crippen molar-refractivity contribution in [3.05, 3.63) is 18.0 Å². The normalized spacial score (nSPS) is 27.9. The molecule has 2 heterocycles. The monoisotopic (exact) mass is 193 g/mol. The van der Waals surface area contributed by atoms with Crippen molar-refractivity contribution in [2.75, 3.05) is 6.54 Å². The fourth-order valence-electron chi connectivity index (χ4n) is 2.27. The minimum atomic E-state index is 0.703. The van der Waals surface area contributed by atoms with E-state index in [0.29, 0.717) is 6.04 Å². The van der Waals surface area contributed by atoms with Crippen LogP contribution in [0.25, 0.3) is 0 Å². The van der Waals surface area contributed by atoms with Gasteiger partial charge in [0.15, 0.2) is 0 Å². The molecule has 0 amide bonds. The topological polar surface area (TPSA) is 29.9 Å². The Labute approximate surface area is 85.5 Å². The van der Waals surface area contributed by atoms with Crippen molar-refractivity contribution in [1.82, 2.24) is 15.1 Å². The minimum Gasteiger partial charge on any atom is -0.314 e. The van der Waals surface area contributed by atoms with Gasteiger partial charge in [-0.1, -0.05) is 6.92 Å². The molecule has 0 radical (unpaired) electrons. The van der Waals surface area contributed by atoms with Crippen LogP contribution in [0.3, 0.4) is 0 Å². The lowest BCUT2D eigenvalue weighted by Crippen LogP contribution is -2.36. The highest BCUT2D eigenvalue weighted by molar-refractivity contribution is 5.12. The van der Waals surface area contributed by atoms with Crippen LogP contribution in [0.4, 0.5) is 0 Å². The van der Waals surface area contributed by atoms with Gasteiger partial charge < -0.3 is 5.32 Å². The van der Waals surface area contributed by atoms with Crippen molar-refractivity contribution < 1.29 is 0 Å². The van der Waals surface area contributed by atoms with Gasteiger partial charge in [0.1, 0.15) is 0 Å². The van der Waals surface area contributed by atoms with Gasteiger partial charge in [-0.05, 0) is 37.3 Å². The first-order chi connectivity index (χ1) is 6.79. The summed E-state index contributed by atoms with van der Waals surface area (Å²) >= 11 is 0. The summed E-state index contributed by atoms with van der Waals surface area (Å²) in [5, 5.41) is 7.79. The quantitative estimate of drug-likeness (QED) is 0.774. The van der Waals surface area contributed by atoms with Crippen LogP contribution in [0.1, 0.15) is 37.7 Å². The fraction of sp³-hybridized carbons (Fsp3) is 0.727. The number of hydrogen-bond acceptors (Lipinski definition) is 2. The van der Waals surface area contributed by atoms with Crippen LogP contribution < -0.4 is 5.32 Å². The first-order valence-corrected chi connectivity index (χ1v) is 5.51. The highest BCUT2D eigenvalue weighted by Crippen LogP contribution is 2.27. The lowest BCUT2D eigenvalue weighted by Gasteiger charge is -2.29. The molecule has 14 heavy (non-hydrogen) atoms. The van der Waals surface area contributed by atoms with E-state index in [1.54, 1.807) is 0 Å². The number of hydrogen-bond donors (Lipinski definition) is 1. The molecular formula is C11H19N3. The van der Waals surface area contributed by atoms with E-state index in [-0.39, 0.29) is 0 Å². The van der Waals surface area contributed by atoms with Crippen LogP contribution in [0.2, 0.25) is 0 Å². The van der Waals surface area contributed by atoms with Crippen LogP contribution in [-0.4, -0.2) is 22.4 Å². The third kappa shape index (κ3) is 1.98. The zero-order chi connectivity index (χ0) is 9.97. The van der Waals surface area contributed by atoms with E-state index >= 15 is 0 Å². The lowest BCUT2D eigenvalue weighted by atomic mass is 9.87. The summed E-state index contributed by atoms with van der Waals surface area (Å²) in [5.41, 5.74) is 1.41. The Kier molecular flexibility index (Phi) is 2.87. The van der Waals surface area contributed by atoms with Crippen LogP contribution in [-0.2, 0) is 7.05 Å². The highest BCUT2D eigenvalue weighted by Gasteiger charge is 2.22. The molecule has 0 bridgehead atoms. The van der Waals surface area contributed by atoms with Gasteiger partial charge in [0, 0.05) is 19.3 Å². The van der Waals surface area contributed by atoms with E-state index in [9.17, 15) is 0 Å². The molecule has 1 saturated heterocycles. The summed E-state index contributed by atoms with van der Waals surface area (Å²) in [6.07, 6.45) is 7.92. The second kappa shape index (κ2) is 4.13. The van der Waals surface area contributed by atoms with E-state index in [2.05, 4.69) is 23.5 Å². The minimum absolute atomic E-state index is 0.703. The lowest BCUT2D eigenvalue weighted by molar-refractivity contribution is 0.355. The average Bonchev–Trinajstić information content (AvgIpc) is 2.65. The molecule has 1 aliphatic rings. The molecule has 0 saturated carbocycles. The summed E-state index contributed by atoms with van der Waals surface area (Å²) in [6.45, 7) is 3.40. The highest BCUT2D eigenvalue weighted by atomic mass is 15.2. The van der Waals surface area contributed by atoms with Gasteiger partial charge in [0.2, 0.25) is 0 Å². The third-order valence-corrected chi connectivity index (χ3v) is 3.18. The zero-order valence-electron chi connectivity index (χ0n) is 9.03. The van der Waals surface area contributed by atoms with Gasteiger partial charge in [-0.3, -0.25) is 4.68 Å². The zero-order valence-corrected chi connectivity index (χ0v) is 9.03. The Morgan fingerprint density at radius 2 is 2.50 bits per heavy atom. The van der Waals surface area contributed by atoms with Crippen molar-refractivity contribution in [3.8, 4) is 0 Å². The van der Waals surface area contributed by atoms with E-state index in [1.807, 2.05) is 17.9 Å². The number of nitrogens with zero attached hydrogens (tertiary/aromatic N) is 2. The van der Waals surface area contributed by atoms with Gasteiger partial charge in [-0.15, -0.1) is 0 Å². The Morgan fingerprint density at radius 3 is 3.14 bits per heavy atom. The van der Waals surface area contributed by atoms with Gasteiger partial charge in [0.25, 0.3) is 0 Å². The second-order valence-electron chi connectivity index (χ2n) is 4.23. The van der Waals surface area contributed by atoms with E-state index in [4.69, 9.17) is 0 Å². The van der Waals surface area contributed by atoms with Gasteiger partial charge in [0.05, 0.1) is 6.20 Å². The molecule has 0 aromatic carbocycles. The predicted octanol–water partition coefficient (Wildman–Crippen LogP) is 1.67. The maximum absolute atomic E-state index is 4.24. The maximum atomic E-state index is 4.24. The average molecular weight is 193 g/mol. The fourth-order valence-corrected chi connectivity index (χ4v) is 2.27. The van der Waals surface area contributed by atoms with Crippen LogP contribution >= 0.6 is 0 Å². The number of rotatable bonds is 2. The summed E-state index contributed by atoms with van der Waals surface area (Å²) in [4.78, 5) is 0. The van der Waals surface area contributed by atoms with Crippen molar-refractivity contribution >= 4 is 0 Å². The summed E-state index contributed by atoms with van der Waals surface area (Å²) in [7, 11) is 1.99. The molecule has 2 atom stereocenters. The first kappa shape index (κ1) is 9.71. The first-order valence-electron chi connectivity index (χ1n) is 5.51. The molecular weight excluding hydrogens is 174 g/mol. The number of piperidine rings is 1.